The third kappa shape index (κ3) is 50.5. The van der Waals surface area contributed by atoms with Crippen molar-refractivity contribution >= 4 is 5.91 Å². The second-order valence-electron chi connectivity index (χ2n) is 23.2. The third-order valence-electron chi connectivity index (χ3n) is 15.5. The van der Waals surface area contributed by atoms with Crippen LogP contribution in [0.4, 0.5) is 0 Å². The molecule has 6 N–H and O–H groups in total. The highest BCUT2D eigenvalue weighted by Gasteiger charge is 2.44. The normalized spacial score (nSPS) is 19.0. The maximum absolute atomic E-state index is 13.1. The molecule has 0 radical (unpaired) electrons. The molecule has 1 aliphatic heterocycles. The lowest BCUT2D eigenvalue weighted by molar-refractivity contribution is -0.302. The van der Waals surface area contributed by atoms with E-state index in [9.17, 15) is 30.3 Å². The fraction of sp³-hybridized carbons (Fsp3) is 0.716. The smallest absolute Gasteiger partial charge is 0.220 e. The van der Waals surface area contributed by atoms with Gasteiger partial charge >= 0.3 is 0 Å². The van der Waals surface area contributed by atoms with Gasteiger partial charge in [0.15, 0.2) is 6.29 Å². The third-order valence-corrected chi connectivity index (χ3v) is 15.5. The van der Waals surface area contributed by atoms with Crippen molar-refractivity contribution in [3.8, 4) is 0 Å². The maximum Gasteiger partial charge on any atom is 0.220 e. The second kappa shape index (κ2) is 61.7. The molecule has 1 heterocycles. The van der Waals surface area contributed by atoms with Gasteiger partial charge in [0, 0.05) is 6.42 Å². The summed E-state index contributed by atoms with van der Waals surface area (Å²) in [6.45, 7) is 3.68. The predicted molar refractivity (Wildman–Crippen MR) is 354 cm³/mol. The lowest BCUT2D eigenvalue weighted by Crippen LogP contribution is -2.60. The van der Waals surface area contributed by atoms with Crippen molar-refractivity contribution in [3.63, 3.8) is 0 Å². The molecule has 476 valence electrons. The molecule has 0 saturated carbocycles. The SMILES string of the molecule is CC/C=C\C/C=C\C/C=C\C/C=C\C/C=C\C/C=C\C/C=C\C/C=C\C/C=C\CCCCCCCCCC(=O)NC(COC1OC(CO)C(O)C(O)C1O)C(O)/C=C/CCCCCCCCCCCCCCCCCCCCCCCCC. The Morgan fingerprint density at radius 3 is 1.11 bits per heavy atom. The summed E-state index contributed by atoms with van der Waals surface area (Å²) in [7, 11) is 0. The van der Waals surface area contributed by atoms with Crippen molar-refractivity contribution in [3.05, 3.63) is 122 Å². The zero-order valence-electron chi connectivity index (χ0n) is 53.2. The molecule has 1 fully saturated rings. The number of amides is 1. The van der Waals surface area contributed by atoms with Crippen LogP contribution in [0.1, 0.15) is 284 Å². The molecular formula is C74H127NO8. The molecule has 83 heavy (non-hydrogen) atoms. The molecule has 7 unspecified atom stereocenters. The molecule has 7 atom stereocenters. The van der Waals surface area contributed by atoms with Crippen molar-refractivity contribution in [1.82, 2.24) is 5.32 Å². The molecular weight excluding hydrogens is 1030 g/mol. The van der Waals surface area contributed by atoms with E-state index in [1.165, 1.54) is 154 Å². The molecule has 1 aliphatic rings. The average molecular weight is 1160 g/mol. The molecule has 0 spiro atoms. The predicted octanol–water partition coefficient (Wildman–Crippen LogP) is 18.6. The van der Waals surface area contributed by atoms with E-state index in [0.29, 0.717) is 6.42 Å². The van der Waals surface area contributed by atoms with Crippen LogP contribution >= 0.6 is 0 Å². The summed E-state index contributed by atoms with van der Waals surface area (Å²) in [6.07, 6.45) is 85.7. The van der Waals surface area contributed by atoms with E-state index in [1.807, 2.05) is 6.08 Å². The van der Waals surface area contributed by atoms with Crippen LogP contribution < -0.4 is 5.32 Å². The van der Waals surface area contributed by atoms with Gasteiger partial charge in [0.25, 0.3) is 0 Å². The van der Waals surface area contributed by atoms with E-state index in [-0.39, 0.29) is 12.5 Å². The first-order valence-electron chi connectivity index (χ1n) is 34.3. The Kier molecular flexibility index (Phi) is 57.7. The van der Waals surface area contributed by atoms with Crippen molar-refractivity contribution in [2.24, 2.45) is 0 Å². The molecule has 0 aromatic carbocycles. The number of allylic oxidation sites excluding steroid dienone is 19. The van der Waals surface area contributed by atoms with Gasteiger partial charge in [-0.1, -0.05) is 309 Å². The number of rotatable bonds is 58. The van der Waals surface area contributed by atoms with E-state index < -0.39 is 49.5 Å². The minimum absolute atomic E-state index is 0.190. The van der Waals surface area contributed by atoms with Crippen molar-refractivity contribution in [2.75, 3.05) is 13.2 Å². The Bertz CT molecular complexity index is 1720. The van der Waals surface area contributed by atoms with Gasteiger partial charge in [0.2, 0.25) is 5.91 Å². The lowest BCUT2D eigenvalue weighted by atomic mass is 9.99. The van der Waals surface area contributed by atoms with Crippen LogP contribution in [0.25, 0.3) is 0 Å². The van der Waals surface area contributed by atoms with Gasteiger partial charge in [-0.2, -0.15) is 0 Å². The first-order valence-corrected chi connectivity index (χ1v) is 34.3. The molecule has 0 bridgehead atoms. The van der Waals surface area contributed by atoms with Gasteiger partial charge in [-0.05, 0) is 89.9 Å². The summed E-state index contributed by atoms with van der Waals surface area (Å²) >= 11 is 0. The monoisotopic (exact) mass is 1160 g/mol. The Morgan fingerprint density at radius 2 is 0.747 bits per heavy atom. The number of hydrogen-bond acceptors (Lipinski definition) is 8. The number of carbonyl (C=O) groups is 1. The quantitative estimate of drug-likeness (QED) is 0.0261. The summed E-state index contributed by atoms with van der Waals surface area (Å²) in [5, 5.41) is 54.7. The highest BCUT2D eigenvalue weighted by molar-refractivity contribution is 5.76. The van der Waals surface area contributed by atoms with Crippen molar-refractivity contribution < 1.29 is 39.8 Å². The zero-order valence-corrected chi connectivity index (χ0v) is 53.2. The fourth-order valence-electron chi connectivity index (χ4n) is 10.2. The number of nitrogens with one attached hydrogen (secondary N) is 1. The highest BCUT2D eigenvalue weighted by Crippen LogP contribution is 2.23. The van der Waals surface area contributed by atoms with Crippen molar-refractivity contribution in [1.29, 1.82) is 0 Å². The van der Waals surface area contributed by atoms with Gasteiger partial charge in [-0.3, -0.25) is 4.79 Å². The van der Waals surface area contributed by atoms with Crippen molar-refractivity contribution in [2.45, 2.75) is 326 Å². The van der Waals surface area contributed by atoms with Gasteiger partial charge in [0.05, 0.1) is 25.4 Å². The average Bonchev–Trinajstić information content (AvgIpc) is 3.60. The van der Waals surface area contributed by atoms with Crippen LogP contribution in [0, 0.1) is 0 Å². The summed E-state index contributed by atoms with van der Waals surface area (Å²) in [5.41, 5.74) is 0. The molecule has 1 rings (SSSR count). The Hall–Kier alpha value is -3.41. The number of hydrogen-bond donors (Lipinski definition) is 6. The minimum atomic E-state index is -1.58. The largest absolute Gasteiger partial charge is 0.394 e. The van der Waals surface area contributed by atoms with E-state index in [2.05, 4.69) is 129 Å². The van der Waals surface area contributed by atoms with E-state index in [4.69, 9.17) is 9.47 Å². The Morgan fingerprint density at radius 1 is 0.422 bits per heavy atom. The van der Waals surface area contributed by atoms with Gasteiger partial charge in [0.1, 0.15) is 24.4 Å². The van der Waals surface area contributed by atoms with Gasteiger partial charge in [-0.15, -0.1) is 0 Å². The Labute approximate surface area is 509 Å². The first kappa shape index (κ1) is 77.6. The van der Waals surface area contributed by atoms with Crippen LogP contribution in [-0.4, -0.2) is 87.5 Å². The standard InChI is InChI=1S/C74H127NO8/c1-3-5-7-9-11-13-15-17-19-21-23-25-27-29-30-31-32-33-34-35-36-37-38-40-42-44-46-48-50-52-54-56-58-60-62-64-70(78)75-67(66-82-74-73(81)72(80)71(79)69(65-76)83-74)68(77)63-61-59-57-55-53-51-49-47-45-43-41-39-28-26-24-22-20-18-16-14-12-10-8-6-4-2/h5,7,11,13,17,19,23,25,29-30,32-33,35-36,38,40,44,46,61,63,67-69,71-74,76-77,79-81H,3-4,6,8-10,12,14-16,18,20-22,24,26-28,31,34,37,39,41-43,45,47-60,62,64-66H2,1-2H3,(H,75,78)/b7-5-,13-11-,19-17-,25-23-,30-29-,33-32-,36-35-,40-38-,46-44-,63-61+. The maximum atomic E-state index is 13.1. The molecule has 0 aliphatic carbocycles. The van der Waals surface area contributed by atoms with E-state index >= 15 is 0 Å². The first-order chi connectivity index (χ1) is 40.8. The number of unbranched alkanes of at least 4 members (excludes halogenated alkanes) is 30. The number of ether oxygens (including phenoxy) is 2. The topological polar surface area (TPSA) is 149 Å². The fourth-order valence-corrected chi connectivity index (χ4v) is 10.2. The summed E-state index contributed by atoms with van der Waals surface area (Å²) in [5.74, 6) is -0.190. The summed E-state index contributed by atoms with van der Waals surface area (Å²) in [6, 6.07) is -0.821. The van der Waals surface area contributed by atoms with Crippen LogP contribution in [-0.2, 0) is 14.3 Å². The molecule has 1 amide bonds. The van der Waals surface area contributed by atoms with Gasteiger partial charge < -0.3 is 40.3 Å². The molecule has 0 aromatic rings. The number of aliphatic hydroxyl groups excluding tert-OH is 5. The lowest BCUT2D eigenvalue weighted by Gasteiger charge is -2.40. The van der Waals surface area contributed by atoms with E-state index in [0.717, 1.165) is 109 Å². The summed E-state index contributed by atoms with van der Waals surface area (Å²) < 4.78 is 11.3. The summed E-state index contributed by atoms with van der Waals surface area (Å²) in [4.78, 5) is 13.1. The highest BCUT2D eigenvalue weighted by atomic mass is 16.7. The molecule has 1 saturated heterocycles. The van der Waals surface area contributed by atoms with E-state index in [1.54, 1.807) is 6.08 Å². The Balaban J connectivity index is 2.19. The van der Waals surface area contributed by atoms with Gasteiger partial charge in [-0.25, -0.2) is 0 Å². The number of aliphatic hydroxyl groups is 5. The molecule has 9 heteroatoms. The second-order valence-corrected chi connectivity index (χ2v) is 23.2. The molecule has 9 nitrogen and oxygen atoms in total. The van der Waals surface area contributed by atoms with Crippen LogP contribution in [0.5, 0.6) is 0 Å². The zero-order chi connectivity index (χ0) is 60.0. The minimum Gasteiger partial charge on any atom is -0.394 e. The molecule has 0 aromatic heterocycles. The van der Waals surface area contributed by atoms with Crippen LogP contribution in [0.3, 0.4) is 0 Å². The van der Waals surface area contributed by atoms with Crippen LogP contribution in [0.15, 0.2) is 122 Å². The number of carbonyl (C=O) groups excluding carboxylic acids is 1. The van der Waals surface area contributed by atoms with Crippen LogP contribution in [0.2, 0.25) is 0 Å².